The minimum Gasteiger partial charge on any atom is -0.497 e. The lowest BCUT2D eigenvalue weighted by atomic mass is 10.2. The van der Waals surface area contributed by atoms with Gasteiger partial charge in [0.05, 0.1) is 26.3 Å². The third kappa shape index (κ3) is 4.43. The summed E-state index contributed by atoms with van der Waals surface area (Å²) in [6.45, 7) is 2.38. The Balaban J connectivity index is 1.50. The molecule has 3 aromatic rings. The number of benzene rings is 1. The van der Waals surface area contributed by atoms with E-state index in [-0.39, 0.29) is 19.0 Å². The number of hydrogen-bond donors (Lipinski definition) is 0. The van der Waals surface area contributed by atoms with Crippen molar-refractivity contribution in [2.45, 2.75) is 26.5 Å². The molecule has 0 atom stereocenters. The van der Waals surface area contributed by atoms with Gasteiger partial charge in [0.25, 0.3) is 5.89 Å². The van der Waals surface area contributed by atoms with Gasteiger partial charge in [-0.05, 0) is 36.8 Å². The zero-order valence-corrected chi connectivity index (χ0v) is 14.0. The van der Waals surface area contributed by atoms with E-state index in [0.29, 0.717) is 18.3 Å². The zero-order valence-electron chi connectivity index (χ0n) is 14.0. The fraction of sp³-hybridized carbons (Fsp3) is 0.294. The molecule has 0 saturated heterocycles. The monoisotopic (exact) mass is 342 g/mol. The summed E-state index contributed by atoms with van der Waals surface area (Å²) in [6, 6.07) is 7.23. The van der Waals surface area contributed by atoms with Gasteiger partial charge in [0.1, 0.15) is 5.75 Å². The van der Waals surface area contributed by atoms with Crippen LogP contribution in [0.25, 0.3) is 11.5 Å². The summed E-state index contributed by atoms with van der Waals surface area (Å²) in [5.41, 5.74) is 1.81. The smallest absolute Gasteiger partial charge is 0.308 e. The van der Waals surface area contributed by atoms with Crippen LogP contribution in [0.3, 0.4) is 0 Å². The minimum absolute atomic E-state index is 0.0311. The predicted molar refractivity (Wildman–Crippen MR) is 87.7 cm³/mol. The van der Waals surface area contributed by atoms with Crippen molar-refractivity contribution in [1.29, 1.82) is 0 Å². The first-order valence-corrected chi connectivity index (χ1v) is 7.76. The lowest BCUT2D eigenvalue weighted by Crippen LogP contribution is -2.10. The van der Waals surface area contributed by atoms with Crippen LogP contribution < -0.4 is 4.74 Å². The molecule has 0 unspecified atom stereocenters. The van der Waals surface area contributed by atoms with E-state index in [9.17, 15) is 4.79 Å². The van der Waals surface area contributed by atoms with Crippen molar-refractivity contribution in [1.82, 2.24) is 19.9 Å². The summed E-state index contributed by atoms with van der Waals surface area (Å²) in [7, 11) is 1.60. The number of carbonyl (C=O) groups excluding carboxylic acids is 1. The Morgan fingerprint density at radius 3 is 2.76 bits per heavy atom. The molecule has 25 heavy (non-hydrogen) atoms. The number of aromatic nitrogens is 4. The fourth-order valence-electron chi connectivity index (χ4n) is 2.18. The zero-order chi connectivity index (χ0) is 17.6. The lowest BCUT2D eigenvalue weighted by molar-refractivity contribution is -0.145. The van der Waals surface area contributed by atoms with Gasteiger partial charge in [-0.25, -0.2) is 0 Å². The number of methoxy groups -OCH3 is 1. The van der Waals surface area contributed by atoms with Crippen LogP contribution >= 0.6 is 0 Å². The van der Waals surface area contributed by atoms with E-state index in [1.165, 1.54) is 0 Å². The first kappa shape index (κ1) is 16.7. The molecule has 8 heteroatoms. The Bertz CT molecular complexity index is 838. The molecule has 0 spiro atoms. The topological polar surface area (TPSA) is 92.3 Å². The van der Waals surface area contributed by atoms with Crippen molar-refractivity contribution in [3.8, 4) is 17.2 Å². The highest BCUT2D eigenvalue weighted by Crippen LogP contribution is 2.20. The maximum absolute atomic E-state index is 11.8. The second-order valence-electron chi connectivity index (χ2n) is 5.44. The number of carbonyl (C=O) groups is 1. The van der Waals surface area contributed by atoms with Crippen molar-refractivity contribution in [3.63, 3.8) is 0 Å². The van der Waals surface area contributed by atoms with Crippen LogP contribution in [0, 0.1) is 6.92 Å². The van der Waals surface area contributed by atoms with E-state index in [0.717, 1.165) is 16.9 Å². The standard InChI is InChI=1S/C17H18N4O4/c1-12-9-18-21(10-12)8-7-16(22)24-11-15-19-17(25-20-15)13-3-5-14(23-2)6-4-13/h3-6,9-10H,7-8,11H2,1-2H3. The molecule has 0 aliphatic heterocycles. The Morgan fingerprint density at radius 2 is 2.08 bits per heavy atom. The molecule has 130 valence electrons. The van der Waals surface area contributed by atoms with Gasteiger partial charge >= 0.3 is 5.97 Å². The van der Waals surface area contributed by atoms with Crippen molar-refractivity contribution >= 4 is 5.97 Å². The van der Waals surface area contributed by atoms with Crippen molar-refractivity contribution in [2.24, 2.45) is 0 Å². The molecular formula is C17H18N4O4. The molecule has 1 aromatic carbocycles. The number of esters is 1. The highest BCUT2D eigenvalue weighted by Gasteiger charge is 2.11. The number of nitrogens with zero attached hydrogens (tertiary/aromatic N) is 4. The van der Waals surface area contributed by atoms with Gasteiger partial charge in [0, 0.05) is 11.8 Å². The van der Waals surface area contributed by atoms with Crippen LogP contribution in [0.2, 0.25) is 0 Å². The summed E-state index contributed by atoms with van der Waals surface area (Å²) >= 11 is 0. The summed E-state index contributed by atoms with van der Waals surface area (Å²) in [6.07, 6.45) is 3.84. The first-order chi connectivity index (χ1) is 12.1. The molecule has 0 bridgehead atoms. The molecule has 0 aliphatic rings. The van der Waals surface area contributed by atoms with E-state index in [2.05, 4.69) is 15.2 Å². The molecule has 8 nitrogen and oxygen atoms in total. The maximum Gasteiger partial charge on any atom is 0.308 e. The average molecular weight is 342 g/mol. The van der Waals surface area contributed by atoms with Crippen LogP contribution in [0.4, 0.5) is 0 Å². The molecule has 0 fully saturated rings. The van der Waals surface area contributed by atoms with E-state index in [1.54, 1.807) is 30.1 Å². The van der Waals surface area contributed by atoms with Crippen LogP contribution in [0.5, 0.6) is 5.75 Å². The maximum atomic E-state index is 11.8. The number of ether oxygens (including phenoxy) is 2. The van der Waals surface area contributed by atoms with Crippen LogP contribution in [-0.2, 0) is 22.7 Å². The molecule has 0 radical (unpaired) electrons. The third-order valence-electron chi connectivity index (χ3n) is 3.47. The predicted octanol–water partition coefficient (Wildman–Crippen LogP) is 2.38. The van der Waals surface area contributed by atoms with E-state index in [4.69, 9.17) is 14.0 Å². The summed E-state index contributed by atoms with van der Waals surface area (Å²) in [4.78, 5) is 16.0. The Hall–Kier alpha value is -3.16. The molecule has 0 N–H and O–H groups in total. The largest absolute Gasteiger partial charge is 0.497 e. The first-order valence-electron chi connectivity index (χ1n) is 7.76. The SMILES string of the molecule is COc1ccc(-c2nc(COC(=O)CCn3cc(C)cn3)no2)cc1. The Labute approximate surface area is 144 Å². The number of hydrogen-bond acceptors (Lipinski definition) is 7. The number of aryl methyl sites for hydroxylation is 2. The van der Waals surface area contributed by atoms with Gasteiger partial charge in [-0.2, -0.15) is 10.1 Å². The summed E-state index contributed by atoms with van der Waals surface area (Å²) < 4.78 is 17.1. The molecule has 0 aliphatic carbocycles. The normalized spacial score (nSPS) is 10.6. The second kappa shape index (κ2) is 7.61. The molecule has 2 heterocycles. The van der Waals surface area contributed by atoms with Crippen LogP contribution in [0.15, 0.2) is 41.2 Å². The minimum atomic E-state index is -0.344. The summed E-state index contributed by atoms with van der Waals surface area (Å²) in [5.74, 6) is 1.07. The lowest BCUT2D eigenvalue weighted by Gasteiger charge is -2.02. The van der Waals surface area contributed by atoms with Gasteiger partial charge in [0.2, 0.25) is 5.82 Å². The van der Waals surface area contributed by atoms with Gasteiger partial charge in [-0.15, -0.1) is 0 Å². The van der Waals surface area contributed by atoms with Crippen LogP contribution in [-0.4, -0.2) is 33.0 Å². The highest BCUT2D eigenvalue weighted by molar-refractivity contribution is 5.69. The van der Waals surface area contributed by atoms with Crippen LogP contribution in [0.1, 0.15) is 17.8 Å². The van der Waals surface area contributed by atoms with Gasteiger partial charge in [-0.1, -0.05) is 5.16 Å². The van der Waals surface area contributed by atoms with E-state index in [1.807, 2.05) is 25.3 Å². The van der Waals surface area contributed by atoms with Crippen molar-refractivity contribution < 1.29 is 18.8 Å². The second-order valence-corrected chi connectivity index (χ2v) is 5.44. The van der Waals surface area contributed by atoms with Crippen molar-refractivity contribution in [2.75, 3.05) is 7.11 Å². The third-order valence-corrected chi connectivity index (χ3v) is 3.47. The Kier molecular flexibility index (Phi) is 5.08. The molecule has 0 saturated carbocycles. The average Bonchev–Trinajstić information content (AvgIpc) is 3.27. The van der Waals surface area contributed by atoms with Gasteiger partial charge in [-0.3, -0.25) is 9.48 Å². The highest BCUT2D eigenvalue weighted by atomic mass is 16.5. The molecule has 3 rings (SSSR count). The quantitative estimate of drug-likeness (QED) is 0.609. The van der Waals surface area contributed by atoms with Gasteiger partial charge in [0.15, 0.2) is 6.61 Å². The fourth-order valence-corrected chi connectivity index (χ4v) is 2.18. The molecule has 0 amide bonds. The molecule has 2 aromatic heterocycles. The summed E-state index contributed by atoms with van der Waals surface area (Å²) in [5, 5.41) is 7.93. The van der Waals surface area contributed by atoms with Crippen molar-refractivity contribution in [3.05, 3.63) is 48.0 Å². The van der Waals surface area contributed by atoms with E-state index >= 15 is 0 Å². The number of rotatable bonds is 7. The molecular weight excluding hydrogens is 324 g/mol. The van der Waals surface area contributed by atoms with Gasteiger partial charge < -0.3 is 14.0 Å². The Morgan fingerprint density at radius 1 is 1.28 bits per heavy atom. The van der Waals surface area contributed by atoms with E-state index < -0.39 is 0 Å².